The highest BCUT2D eigenvalue weighted by molar-refractivity contribution is 7.45. The van der Waals surface area contributed by atoms with Crippen LogP contribution in [0.5, 0.6) is 0 Å². The Balaban J connectivity index is 4.06. The summed E-state index contributed by atoms with van der Waals surface area (Å²) in [6.45, 7) is 5.46. The fraction of sp³-hybridized carbons (Fsp3) is 0.943. The van der Waals surface area contributed by atoms with Crippen LogP contribution >= 0.6 is 7.82 Å². The maximum atomic E-state index is 12.8. The van der Waals surface area contributed by atoms with Crippen molar-refractivity contribution in [1.29, 1.82) is 0 Å². The predicted octanol–water partition coefficient (Wildman–Crippen LogP) is 15.9. The molecule has 9 heteroatoms. The lowest BCUT2D eigenvalue weighted by Gasteiger charge is -2.28. The van der Waals surface area contributed by atoms with E-state index in [0.29, 0.717) is 24.1 Å². The first-order valence-electron chi connectivity index (χ1n) is 26.9. The van der Waals surface area contributed by atoms with E-state index >= 15 is 0 Å². The number of hydrogen-bond donors (Lipinski definition) is 0. The van der Waals surface area contributed by atoms with Gasteiger partial charge in [-0.15, -0.1) is 0 Å². The molecule has 0 amide bonds. The first-order chi connectivity index (χ1) is 30.1. The number of carbonyl (C=O) groups excluding carboxylic acids is 1. The SMILES string of the molecule is CCCCCCCCC/C=C\CCCCCCCCOCC(COP(=O)([O-])OCC[N+](C)(C)C)OC(=O)CCCCCCCCCCCCCCCCCCCCCCCCC. The van der Waals surface area contributed by atoms with E-state index in [9.17, 15) is 14.3 Å². The summed E-state index contributed by atoms with van der Waals surface area (Å²) in [7, 11) is 1.37. The molecule has 0 aromatic rings. The summed E-state index contributed by atoms with van der Waals surface area (Å²) >= 11 is 0. The van der Waals surface area contributed by atoms with Crippen molar-refractivity contribution in [2.45, 2.75) is 270 Å². The molecule has 0 aliphatic heterocycles. The van der Waals surface area contributed by atoms with E-state index in [2.05, 4.69) is 26.0 Å². The predicted molar refractivity (Wildman–Crippen MR) is 264 cm³/mol. The zero-order valence-electron chi connectivity index (χ0n) is 42.1. The Bertz CT molecular complexity index is 1000. The van der Waals surface area contributed by atoms with Crippen molar-refractivity contribution in [2.24, 2.45) is 0 Å². The largest absolute Gasteiger partial charge is 0.756 e. The Labute approximate surface area is 386 Å². The van der Waals surface area contributed by atoms with Gasteiger partial charge in [0.1, 0.15) is 19.3 Å². The number of likely N-dealkylation sites (N-methyl/N-ethyl adjacent to an activating group) is 1. The lowest BCUT2D eigenvalue weighted by molar-refractivity contribution is -0.870. The van der Waals surface area contributed by atoms with Gasteiger partial charge in [0.2, 0.25) is 0 Å². The minimum absolute atomic E-state index is 0.0286. The molecule has 0 saturated heterocycles. The van der Waals surface area contributed by atoms with E-state index in [1.165, 1.54) is 212 Å². The highest BCUT2D eigenvalue weighted by Gasteiger charge is 2.20. The molecular formula is C53H106NO7P. The fourth-order valence-electron chi connectivity index (χ4n) is 7.90. The van der Waals surface area contributed by atoms with Crippen molar-refractivity contribution in [2.75, 3.05) is 54.1 Å². The van der Waals surface area contributed by atoms with Gasteiger partial charge >= 0.3 is 5.97 Å². The van der Waals surface area contributed by atoms with Crippen LogP contribution in [0.2, 0.25) is 0 Å². The van der Waals surface area contributed by atoms with Crippen LogP contribution in [0.15, 0.2) is 12.2 Å². The molecule has 0 saturated carbocycles. The molecule has 0 N–H and O–H groups in total. The smallest absolute Gasteiger partial charge is 0.306 e. The zero-order chi connectivity index (χ0) is 45.5. The molecule has 0 aromatic heterocycles. The Morgan fingerprint density at radius 2 is 0.839 bits per heavy atom. The molecule has 0 radical (unpaired) electrons. The molecule has 0 aliphatic rings. The third kappa shape index (κ3) is 50.2. The Morgan fingerprint density at radius 3 is 1.23 bits per heavy atom. The second-order valence-electron chi connectivity index (χ2n) is 19.6. The molecule has 370 valence electrons. The number of phosphoric ester groups is 1. The van der Waals surface area contributed by atoms with Gasteiger partial charge < -0.3 is 27.9 Å². The monoisotopic (exact) mass is 900 g/mol. The number of ether oxygens (including phenoxy) is 2. The average molecular weight is 900 g/mol. The molecule has 0 heterocycles. The first kappa shape index (κ1) is 61.2. The second kappa shape index (κ2) is 46.8. The number of nitrogens with zero attached hydrogens (tertiary/aromatic N) is 1. The molecule has 0 rings (SSSR count). The van der Waals surface area contributed by atoms with Gasteiger partial charge in [-0.25, -0.2) is 0 Å². The second-order valence-corrected chi connectivity index (χ2v) is 21.0. The van der Waals surface area contributed by atoms with E-state index in [-0.39, 0.29) is 25.8 Å². The number of unbranched alkanes of at least 4 members (excludes halogenated alkanes) is 35. The fourth-order valence-corrected chi connectivity index (χ4v) is 8.63. The van der Waals surface area contributed by atoms with Crippen LogP contribution in [0.1, 0.15) is 264 Å². The van der Waals surface area contributed by atoms with Crippen molar-refractivity contribution in [3.05, 3.63) is 12.2 Å². The van der Waals surface area contributed by atoms with Gasteiger partial charge in [0.15, 0.2) is 0 Å². The van der Waals surface area contributed by atoms with E-state index in [1.807, 2.05) is 21.1 Å². The number of carbonyl (C=O) groups is 1. The van der Waals surface area contributed by atoms with Crippen LogP contribution in [0.25, 0.3) is 0 Å². The third-order valence-electron chi connectivity index (χ3n) is 12.1. The van der Waals surface area contributed by atoms with Crippen LogP contribution in [0, 0.1) is 0 Å². The number of hydrogen-bond acceptors (Lipinski definition) is 7. The van der Waals surface area contributed by atoms with Crippen LogP contribution in [-0.4, -0.2) is 70.7 Å². The van der Waals surface area contributed by atoms with Gasteiger partial charge in [0.05, 0.1) is 34.4 Å². The molecule has 0 fully saturated rings. The van der Waals surface area contributed by atoms with Gasteiger partial charge in [-0.05, 0) is 38.5 Å². The summed E-state index contributed by atoms with van der Waals surface area (Å²) in [6, 6.07) is 0. The first-order valence-corrected chi connectivity index (χ1v) is 28.4. The Kier molecular flexibility index (Phi) is 46.2. The van der Waals surface area contributed by atoms with Gasteiger partial charge in [-0.1, -0.05) is 231 Å². The van der Waals surface area contributed by atoms with Crippen LogP contribution in [0.3, 0.4) is 0 Å². The third-order valence-corrected chi connectivity index (χ3v) is 13.0. The molecule has 2 unspecified atom stereocenters. The van der Waals surface area contributed by atoms with Crippen molar-refractivity contribution < 1.29 is 37.3 Å². The lowest BCUT2D eigenvalue weighted by Crippen LogP contribution is -2.37. The van der Waals surface area contributed by atoms with Gasteiger partial charge in [-0.3, -0.25) is 9.36 Å². The molecule has 0 spiro atoms. The molecular weight excluding hydrogens is 794 g/mol. The maximum absolute atomic E-state index is 12.8. The van der Waals surface area contributed by atoms with Crippen LogP contribution in [0.4, 0.5) is 0 Å². The molecule has 2 atom stereocenters. The molecule has 8 nitrogen and oxygen atoms in total. The summed E-state index contributed by atoms with van der Waals surface area (Å²) in [4.78, 5) is 25.2. The maximum Gasteiger partial charge on any atom is 0.306 e. The van der Waals surface area contributed by atoms with Crippen molar-refractivity contribution in [3.63, 3.8) is 0 Å². The summed E-state index contributed by atoms with van der Waals surface area (Å²) in [5, 5.41) is 0. The number of quaternary nitrogens is 1. The molecule has 0 bridgehead atoms. The summed E-state index contributed by atoms with van der Waals surface area (Å²) < 4.78 is 34.8. The van der Waals surface area contributed by atoms with Crippen molar-refractivity contribution in [3.8, 4) is 0 Å². The number of rotatable bonds is 51. The molecule has 62 heavy (non-hydrogen) atoms. The summed E-state index contributed by atoms with van der Waals surface area (Å²) in [6.07, 6.45) is 53.8. The zero-order valence-corrected chi connectivity index (χ0v) is 43.0. The number of phosphoric acid groups is 1. The van der Waals surface area contributed by atoms with Crippen molar-refractivity contribution in [1.82, 2.24) is 0 Å². The number of esters is 1. The highest BCUT2D eigenvalue weighted by Crippen LogP contribution is 2.38. The normalized spacial score (nSPS) is 13.6. The average Bonchev–Trinajstić information content (AvgIpc) is 3.23. The van der Waals surface area contributed by atoms with E-state index < -0.39 is 13.9 Å². The van der Waals surface area contributed by atoms with Crippen LogP contribution < -0.4 is 4.89 Å². The summed E-state index contributed by atoms with van der Waals surface area (Å²) in [5.74, 6) is -0.329. The minimum Gasteiger partial charge on any atom is -0.756 e. The van der Waals surface area contributed by atoms with Gasteiger partial charge in [0, 0.05) is 13.0 Å². The van der Waals surface area contributed by atoms with E-state index in [1.54, 1.807) is 0 Å². The lowest BCUT2D eigenvalue weighted by atomic mass is 10.0. The van der Waals surface area contributed by atoms with E-state index in [0.717, 1.165) is 32.1 Å². The highest BCUT2D eigenvalue weighted by atomic mass is 31.2. The van der Waals surface area contributed by atoms with Gasteiger partial charge in [-0.2, -0.15) is 0 Å². The Hall–Kier alpha value is -0.760. The van der Waals surface area contributed by atoms with Gasteiger partial charge in [0.25, 0.3) is 7.82 Å². The number of allylic oxidation sites excluding steroid dienone is 2. The quantitative estimate of drug-likeness (QED) is 0.0197. The Morgan fingerprint density at radius 1 is 0.484 bits per heavy atom. The summed E-state index contributed by atoms with van der Waals surface area (Å²) in [5.41, 5.74) is 0. The van der Waals surface area contributed by atoms with Crippen molar-refractivity contribution >= 4 is 13.8 Å². The van der Waals surface area contributed by atoms with Crippen LogP contribution in [-0.2, 0) is 27.9 Å². The van der Waals surface area contributed by atoms with E-state index in [4.69, 9.17) is 18.5 Å². The molecule has 0 aromatic carbocycles. The molecule has 0 aliphatic carbocycles. The minimum atomic E-state index is -4.53. The topological polar surface area (TPSA) is 94.1 Å². The standard InChI is InChI=1S/C53H106NO7P/c1-6-8-10-12-14-16-18-20-22-24-25-26-27-28-29-30-32-34-36-38-40-42-44-46-53(55)61-52(51-60-62(56,57)59-49-47-54(3,4)5)50-58-48-45-43-41-39-37-35-33-31-23-21-19-17-15-13-11-9-7-2/h23,31,52H,6-22,24-30,32-51H2,1-5H3/b31-23-.